The summed E-state index contributed by atoms with van der Waals surface area (Å²) in [5, 5.41) is 5.53. The summed E-state index contributed by atoms with van der Waals surface area (Å²) in [6.07, 6.45) is 1.79. The van der Waals surface area contributed by atoms with Crippen molar-refractivity contribution in [2.24, 2.45) is 0 Å². The van der Waals surface area contributed by atoms with Crippen molar-refractivity contribution in [1.82, 2.24) is 15.2 Å². The molecule has 0 saturated carbocycles. The number of thiophene rings is 1. The maximum absolute atomic E-state index is 5.57. The summed E-state index contributed by atoms with van der Waals surface area (Å²) in [5.41, 5.74) is 1.02. The van der Waals surface area contributed by atoms with Gasteiger partial charge in [0, 0.05) is 31.7 Å². The molecule has 0 amide bonds. The molecule has 0 aromatic carbocycles. The summed E-state index contributed by atoms with van der Waals surface area (Å²) in [7, 11) is 0. The van der Waals surface area contributed by atoms with Crippen LogP contribution in [-0.4, -0.2) is 35.1 Å². The quantitative estimate of drug-likeness (QED) is 0.936. The van der Waals surface area contributed by atoms with E-state index in [4.69, 9.17) is 4.42 Å². The molecule has 102 valence electrons. The summed E-state index contributed by atoms with van der Waals surface area (Å²) in [4.78, 5) is 8.13. The van der Waals surface area contributed by atoms with Gasteiger partial charge < -0.3 is 9.73 Å². The minimum Gasteiger partial charge on any atom is -0.444 e. The number of nitrogens with zero attached hydrogens (tertiary/aromatic N) is 2. The lowest BCUT2D eigenvalue weighted by molar-refractivity contribution is 0.137. The summed E-state index contributed by atoms with van der Waals surface area (Å²) < 4.78 is 5.57. The third-order valence-electron chi connectivity index (χ3n) is 3.54. The fourth-order valence-corrected chi connectivity index (χ4v) is 3.07. The van der Waals surface area contributed by atoms with Gasteiger partial charge in [-0.25, -0.2) is 4.98 Å². The van der Waals surface area contributed by atoms with Crippen LogP contribution in [0.2, 0.25) is 0 Å². The molecular formula is C14H19N3OS. The molecule has 0 radical (unpaired) electrons. The Morgan fingerprint density at radius 3 is 3.21 bits per heavy atom. The van der Waals surface area contributed by atoms with Crippen molar-refractivity contribution in [3.8, 4) is 10.8 Å². The summed E-state index contributed by atoms with van der Waals surface area (Å²) in [6.45, 7) is 7.43. The van der Waals surface area contributed by atoms with Gasteiger partial charge in [0.15, 0.2) is 0 Å². The Kier molecular flexibility index (Phi) is 3.68. The Morgan fingerprint density at radius 2 is 2.42 bits per heavy atom. The average molecular weight is 277 g/mol. The van der Waals surface area contributed by atoms with Gasteiger partial charge in [0.1, 0.15) is 6.26 Å². The molecule has 3 rings (SSSR count). The number of piperazine rings is 1. The maximum atomic E-state index is 5.57. The first-order valence-corrected chi connectivity index (χ1v) is 7.56. The first-order chi connectivity index (χ1) is 9.22. The number of hydrogen-bond acceptors (Lipinski definition) is 5. The highest BCUT2D eigenvalue weighted by Gasteiger charge is 2.23. The maximum Gasteiger partial charge on any atom is 0.236 e. The number of hydrogen-bond donors (Lipinski definition) is 1. The molecule has 1 fully saturated rings. The van der Waals surface area contributed by atoms with Gasteiger partial charge in [0.05, 0.1) is 10.6 Å². The van der Waals surface area contributed by atoms with Crippen molar-refractivity contribution in [3.05, 3.63) is 29.5 Å². The number of nitrogens with one attached hydrogen (secondary N) is 1. The van der Waals surface area contributed by atoms with E-state index in [0.717, 1.165) is 36.1 Å². The van der Waals surface area contributed by atoms with E-state index >= 15 is 0 Å². The van der Waals surface area contributed by atoms with Crippen LogP contribution < -0.4 is 5.32 Å². The molecule has 19 heavy (non-hydrogen) atoms. The summed E-state index contributed by atoms with van der Waals surface area (Å²) >= 11 is 1.66. The van der Waals surface area contributed by atoms with Crippen LogP contribution in [0.25, 0.3) is 10.8 Å². The molecule has 3 heterocycles. The summed E-state index contributed by atoms with van der Waals surface area (Å²) in [5.74, 6) is 0.737. The first-order valence-electron chi connectivity index (χ1n) is 6.68. The van der Waals surface area contributed by atoms with Crippen molar-refractivity contribution in [2.45, 2.75) is 32.5 Å². The first kappa shape index (κ1) is 12.8. The van der Waals surface area contributed by atoms with Crippen LogP contribution in [0.15, 0.2) is 28.2 Å². The second-order valence-electron chi connectivity index (χ2n) is 5.21. The molecule has 2 atom stereocenters. The van der Waals surface area contributed by atoms with Gasteiger partial charge in [0.25, 0.3) is 0 Å². The zero-order chi connectivity index (χ0) is 13.2. The van der Waals surface area contributed by atoms with Gasteiger partial charge in [-0.3, -0.25) is 4.90 Å². The van der Waals surface area contributed by atoms with Gasteiger partial charge in [-0.1, -0.05) is 6.07 Å². The third kappa shape index (κ3) is 2.88. The van der Waals surface area contributed by atoms with E-state index in [0.29, 0.717) is 12.1 Å². The molecule has 4 nitrogen and oxygen atoms in total. The van der Waals surface area contributed by atoms with E-state index in [-0.39, 0.29) is 0 Å². The van der Waals surface area contributed by atoms with Crippen molar-refractivity contribution in [3.63, 3.8) is 0 Å². The molecule has 1 aliphatic rings. The van der Waals surface area contributed by atoms with E-state index in [1.54, 1.807) is 17.6 Å². The Hall–Kier alpha value is -1.17. The molecule has 0 spiro atoms. The molecule has 1 N–H and O–H groups in total. The van der Waals surface area contributed by atoms with Crippen LogP contribution in [0, 0.1) is 0 Å². The summed E-state index contributed by atoms with van der Waals surface area (Å²) in [6, 6.07) is 5.14. The van der Waals surface area contributed by atoms with Crippen LogP contribution >= 0.6 is 11.3 Å². The van der Waals surface area contributed by atoms with E-state index in [2.05, 4.69) is 29.0 Å². The zero-order valence-corrected chi connectivity index (χ0v) is 12.1. The zero-order valence-electron chi connectivity index (χ0n) is 11.3. The largest absolute Gasteiger partial charge is 0.444 e. The van der Waals surface area contributed by atoms with Gasteiger partial charge >= 0.3 is 0 Å². The van der Waals surface area contributed by atoms with Gasteiger partial charge in [-0.15, -0.1) is 11.3 Å². The minimum absolute atomic E-state index is 0.540. The third-order valence-corrected chi connectivity index (χ3v) is 4.40. The van der Waals surface area contributed by atoms with E-state index in [1.165, 1.54) is 0 Å². The van der Waals surface area contributed by atoms with Crippen molar-refractivity contribution in [2.75, 3.05) is 13.1 Å². The van der Waals surface area contributed by atoms with Crippen LogP contribution in [0.4, 0.5) is 0 Å². The second-order valence-corrected chi connectivity index (χ2v) is 6.16. The van der Waals surface area contributed by atoms with Gasteiger partial charge in [-0.2, -0.15) is 0 Å². The normalized spacial score (nSPS) is 24.7. The minimum atomic E-state index is 0.540. The average Bonchev–Trinajstić information content (AvgIpc) is 3.04. The van der Waals surface area contributed by atoms with E-state index < -0.39 is 0 Å². The fraction of sp³-hybridized carbons (Fsp3) is 0.500. The molecule has 1 saturated heterocycles. The Balaban J connectivity index is 1.70. The Labute approximate surface area is 117 Å². The monoisotopic (exact) mass is 277 g/mol. The molecule has 2 aromatic rings. The Morgan fingerprint density at radius 1 is 1.53 bits per heavy atom. The van der Waals surface area contributed by atoms with Gasteiger partial charge in [0.2, 0.25) is 5.89 Å². The fourth-order valence-electron chi connectivity index (χ4n) is 2.42. The van der Waals surface area contributed by atoms with Crippen molar-refractivity contribution >= 4 is 11.3 Å². The molecule has 0 aliphatic carbocycles. The number of oxazole rings is 1. The van der Waals surface area contributed by atoms with Crippen molar-refractivity contribution in [1.29, 1.82) is 0 Å². The lowest BCUT2D eigenvalue weighted by Crippen LogP contribution is -2.53. The number of rotatable bonds is 3. The lowest BCUT2D eigenvalue weighted by Gasteiger charge is -2.36. The highest BCUT2D eigenvalue weighted by atomic mass is 32.1. The van der Waals surface area contributed by atoms with E-state index in [1.807, 2.05) is 17.5 Å². The SMILES string of the molecule is CC1CN(Cc2coc(-c3cccs3)n2)C(C)CN1. The molecule has 2 unspecified atom stereocenters. The standard InChI is InChI=1S/C14H19N3OS/c1-10-7-17(11(2)6-15-10)8-12-9-18-14(16-12)13-4-3-5-19-13/h3-5,9-11,15H,6-8H2,1-2H3. The van der Waals surface area contributed by atoms with Crippen LogP contribution in [-0.2, 0) is 6.54 Å². The van der Waals surface area contributed by atoms with Crippen LogP contribution in [0.1, 0.15) is 19.5 Å². The van der Waals surface area contributed by atoms with Gasteiger partial charge in [-0.05, 0) is 25.3 Å². The molecular weight excluding hydrogens is 258 g/mol. The molecule has 2 aromatic heterocycles. The highest BCUT2D eigenvalue weighted by molar-refractivity contribution is 7.13. The number of aromatic nitrogens is 1. The predicted molar refractivity (Wildman–Crippen MR) is 77.2 cm³/mol. The lowest BCUT2D eigenvalue weighted by atomic mass is 10.1. The van der Waals surface area contributed by atoms with Crippen molar-refractivity contribution < 1.29 is 4.42 Å². The second kappa shape index (κ2) is 5.45. The molecule has 5 heteroatoms. The predicted octanol–water partition coefficient (Wildman–Crippen LogP) is 2.59. The highest BCUT2D eigenvalue weighted by Crippen LogP contribution is 2.24. The smallest absolute Gasteiger partial charge is 0.236 e. The molecule has 1 aliphatic heterocycles. The van der Waals surface area contributed by atoms with Crippen LogP contribution in [0.3, 0.4) is 0 Å². The van der Waals surface area contributed by atoms with E-state index in [9.17, 15) is 0 Å². The molecule has 0 bridgehead atoms. The Bertz CT molecular complexity index is 523. The van der Waals surface area contributed by atoms with Crippen LogP contribution in [0.5, 0.6) is 0 Å². The topological polar surface area (TPSA) is 41.3 Å².